The third-order valence-electron chi connectivity index (χ3n) is 5.35. The van der Waals surface area contributed by atoms with Crippen molar-refractivity contribution >= 4 is 19.7 Å². The zero-order valence-electron chi connectivity index (χ0n) is 19.9. The van der Waals surface area contributed by atoms with Gasteiger partial charge in [-0.05, 0) is 74.7 Å². The Morgan fingerprint density at radius 1 is 0.939 bits per heavy atom. The monoisotopic (exact) mass is 460 g/mol. The number of hydrogen-bond donors (Lipinski definition) is 0. The number of hydrogen-bond acceptors (Lipinski definition) is 5. The molecule has 4 rings (SSSR count). The van der Waals surface area contributed by atoms with Crippen LogP contribution in [0.1, 0.15) is 5.69 Å². The molecule has 2 aromatic heterocycles. The molecule has 172 valence electrons. The minimum absolute atomic E-state index is 0.475. The highest BCUT2D eigenvalue weighted by molar-refractivity contribution is 6.55. The summed E-state index contributed by atoms with van der Waals surface area (Å²) in [6.07, 6.45) is 1.81. The van der Waals surface area contributed by atoms with Crippen LogP contribution in [0.15, 0.2) is 66.9 Å². The average Bonchev–Trinajstić information content (AvgIpc) is 3.25. The minimum Gasteiger partial charge on any atom is -0.457 e. The third-order valence-corrected chi connectivity index (χ3v) is 6.74. The van der Waals surface area contributed by atoms with Crippen LogP contribution in [-0.4, -0.2) is 49.2 Å². The molecule has 4 aromatic rings. The van der Waals surface area contributed by atoms with Crippen LogP contribution in [0.5, 0.6) is 11.5 Å². The van der Waals surface area contributed by atoms with Crippen LogP contribution in [0.3, 0.4) is 0 Å². The van der Waals surface area contributed by atoms with Crippen molar-refractivity contribution in [1.29, 1.82) is 0 Å². The molecule has 0 saturated carbocycles. The summed E-state index contributed by atoms with van der Waals surface area (Å²) in [4.78, 5) is 6.85. The largest absolute Gasteiger partial charge is 0.457 e. The van der Waals surface area contributed by atoms with E-state index in [4.69, 9.17) is 14.5 Å². The first-order chi connectivity index (χ1) is 16.0. The second-order valence-corrected chi connectivity index (χ2v) is 12.3. The van der Waals surface area contributed by atoms with Crippen molar-refractivity contribution in [1.82, 2.24) is 19.7 Å². The highest BCUT2D eigenvalue weighted by Gasteiger charge is 2.08. The Labute approximate surface area is 197 Å². The summed E-state index contributed by atoms with van der Waals surface area (Å²) in [5.41, 5.74) is 4.15. The molecule has 33 heavy (non-hydrogen) atoms. The molecule has 0 N–H and O–H groups in total. The van der Waals surface area contributed by atoms with Gasteiger partial charge in [0.1, 0.15) is 18.2 Å². The van der Waals surface area contributed by atoms with Gasteiger partial charge in [-0.2, -0.15) is 5.10 Å². The lowest BCUT2D eigenvalue weighted by molar-refractivity contribution is 0.0801. The van der Waals surface area contributed by atoms with Crippen LogP contribution >= 0.6 is 0 Å². The number of aromatic nitrogens is 3. The Morgan fingerprint density at radius 3 is 2.48 bits per heavy atom. The second-order valence-electron chi connectivity index (χ2n) is 8.96. The van der Waals surface area contributed by atoms with E-state index in [9.17, 15) is 0 Å². The van der Waals surface area contributed by atoms with Crippen molar-refractivity contribution in [3.63, 3.8) is 0 Å². The third kappa shape index (κ3) is 6.28. The van der Waals surface area contributed by atoms with E-state index in [1.165, 1.54) is 6.04 Å². The average molecular weight is 461 g/mol. The summed E-state index contributed by atoms with van der Waals surface area (Å²) in [7, 11) is 3.51. The molecule has 0 aliphatic carbocycles. The van der Waals surface area contributed by atoms with Gasteiger partial charge >= 0.3 is 0 Å². The predicted molar refractivity (Wildman–Crippen MR) is 137 cm³/mol. The fourth-order valence-electron chi connectivity index (χ4n) is 3.60. The quantitative estimate of drug-likeness (QED) is 0.234. The Hall–Kier alpha value is -3.00. The fourth-order valence-corrected chi connectivity index (χ4v) is 4.24. The van der Waals surface area contributed by atoms with E-state index in [1.807, 2.05) is 61.4 Å². The van der Waals surface area contributed by atoms with E-state index in [1.54, 1.807) is 0 Å². The number of rotatable bonds is 10. The van der Waals surface area contributed by atoms with E-state index < -0.39 is 8.80 Å². The van der Waals surface area contributed by atoms with Gasteiger partial charge in [0.25, 0.3) is 0 Å². The van der Waals surface area contributed by atoms with Crippen LogP contribution in [0, 0.1) is 0 Å². The zero-order valence-corrected chi connectivity index (χ0v) is 21.0. The van der Waals surface area contributed by atoms with Gasteiger partial charge in [-0.1, -0.05) is 19.2 Å². The molecule has 0 spiro atoms. The fraction of sp³-hybridized carbons (Fsp3) is 0.308. The number of pyridine rings is 1. The molecule has 0 saturated heterocycles. The van der Waals surface area contributed by atoms with Gasteiger partial charge in [0.05, 0.1) is 16.9 Å². The zero-order chi connectivity index (χ0) is 23.2. The number of ether oxygens (including phenoxy) is 2. The SMILES string of the molecule is CN(C)Cc1ccc2cc(Oc3ccc(-c4ccnn4COCC[SiH](C)C)cc3)ccc2n1. The van der Waals surface area contributed by atoms with Crippen molar-refractivity contribution in [2.45, 2.75) is 32.4 Å². The van der Waals surface area contributed by atoms with E-state index >= 15 is 0 Å². The summed E-state index contributed by atoms with van der Waals surface area (Å²) >= 11 is 0. The Bertz CT molecular complexity index is 1190. The van der Waals surface area contributed by atoms with Crippen LogP contribution in [0.2, 0.25) is 19.1 Å². The van der Waals surface area contributed by atoms with Gasteiger partial charge in [-0.3, -0.25) is 4.98 Å². The number of nitrogens with zero attached hydrogens (tertiary/aromatic N) is 4. The first-order valence-electron chi connectivity index (χ1n) is 11.4. The molecule has 0 aliphatic heterocycles. The highest BCUT2D eigenvalue weighted by Crippen LogP contribution is 2.28. The minimum atomic E-state index is -0.584. The maximum Gasteiger partial charge on any atom is 0.139 e. The van der Waals surface area contributed by atoms with E-state index in [2.05, 4.69) is 47.4 Å². The first kappa shape index (κ1) is 23.2. The molecular weight excluding hydrogens is 428 g/mol. The lowest BCUT2D eigenvalue weighted by Crippen LogP contribution is -2.11. The van der Waals surface area contributed by atoms with Crippen molar-refractivity contribution < 1.29 is 9.47 Å². The van der Waals surface area contributed by atoms with Gasteiger partial charge in [-0.25, -0.2) is 4.68 Å². The maximum atomic E-state index is 6.11. The highest BCUT2D eigenvalue weighted by atomic mass is 28.3. The molecule has 7 heteroatoms. The Morgan fingerprint density at radius 2 is 1.73 bits per heavy atom. The molecular formula is C26H32N4O2Si. The Balaban J connectivity index is 1.42. The van der Waals surface area contributed by atoms with E-state index in [0.717, 1.165) is 52.5 Å². The molecule has 0 aliphatic rings. The van der Waals surface area contributed by atoms with Crippen LogP contribution in [0.4, 0.5) is 0 Å². The van der Waals surface area contributed by atoms with Gasteiger partial charge in [-0.15, -0.1) is 0 Å². The molecule has 2 aromatic carbocycles. The van der Waals surface area contributed by atoms with Crippen molar-refractivity contribution in [2.75, 3.05) is 20.7 Å². The summed E-state index contributed by atoms with van der Waals surface area (Å²) < 4.78 is 13.8. The molecule has 0 amide bonds. The predicted octanol–water partition coefficient (Wildman–Crippen LogP) is 5.41. The summed E-state index contributed by atoms with van der Waals surface area (Å²) in [5.74, 6) is 1.59. The van der Waals surface area contributed by atoms with Gasteiger partial charge in [0, 0.05) is 39.1 Å². The summed E-state index contributed by atoms with van der Waals surface area (Å²) in [6, 6.07) is 21.5. The molecule has 0 fully saturated rings. The Kier molecular flexibility index (Phi) is 7.54. The summed E-state index contributed by atoms with van der Waals surface area (Å²) in [5, 5.41) is 5.48. The van der Waals surface area contributed by atoms with Gasteiger partial charge in [0.2, 0.25) is 0 Å². The van der Waals surface area contributed by atoms with Crippen molar-refractivity contribution in [3.05, 3.63) is 72.6 Å². The molecule has 0 atom stereocenters. The summed E-state index contributed by atoms with van der Waals surface area (Å²) in [6.45, 7) is 6.77. The molecule has 0 radical (unpaired) electrons. The van der Waals surface area contributed by atoms with Crippen LogP contribution < -0.4 is 4.74 Å². The molecule has 0 bridgehead atoms. The number of benzene rings is 2. The molecule has 2 heterocycles. The van der Waals surface area contributed by atoms with Gasteiger partial charge in [0.15, 0.2) is 0 Å². The normalized spacial score (nSPS) is 11.6. The topological polar surface area (TPSA) is 52.4 Å². The van der Waals surface area contributed by atoms with Gasteiger partial charge < -0.3 is 14.4 Å². The second kappa shape index (κ2) is 10.7. The van der Waals surface area contributed by atoms with Crippen molar-refractivity contribution in [3.8, 4) is 22.8 Å². The van der Waals surface area contributed by atoms with E-state index in [-0.39, 0.29) is 0 Å². The number of fused-ring (bicyclic) bond motifs is 1. The maximum absolute atomic E-state index is 6.11. The van der Waals surface area contributed by atoms with E-state index in [0.29, 0.717) is 6.73 Å². The smallest absolute Gasteiger partial charge is 0.139 e. The molecule has 6 nitrogen and oxygen atoms in total. The lowest BCUT2D eigenvalue weighted by Gasteiger charge is -2.11. The first-order valence-corrected chi connectivity index (χ1v) is 14.5. The van der Waals surface area contributed by atoms with Crippen LogP contribution in [0.25, 0.3) is 22.2 Å². The molecule has 0 unspecified atom stereocenters. The van der Waals surface area contributed by atoms with Crippen molar-refractivity contribution in [2.24, 2.45) is 0 Å². The lowest BCUT2D eigenvalue weighted by atomic mass is 10.1. The standard InChI is InChI=1S/C26H32N4O2Si/c1-29(2)18-22-8-5-21-17-24(11-12-25(21)28-22)32-23-9-6-20(7-10-23)26-13-14-27-30(26)19-31-15-16-33(3)4/h5-14,17,33H,15-16,18-19H2,1-4H3. The van der Waals surface area contributed by atoms with Crippen LogP contribution in [-0.2, 0) is 18.0 Å².